The molecule has 1 aliphatic heterocycles. The zero-order valence-corrected chi connectivity index (χ0v) is 11.9. The summed E-state index contributed by atoms with van der Waals surface area (Å²) in [7, 11) is 4.54. The van der Waals surface area contributed by atoms with Gasteiger partial charge in [-0.2, -0.15) is 0 Å². The molecule has 0 N–H and O–H groups in total. The van der Waals surface area contributed by atoms with Crippen LogP contribution in [0.5, 0.6) is 0 Å². The first-order valence-corrected chi connectivity index (χ1v) is 7.24. The van der Waals surface area contributed by atoms with Crippen molar-refractivity contribution in [3.63, 3.8) is 0 Å². The van der Waals surface area contributed by atoms with Gasteiger partial charge in [0.05, 0.1) is 20.6 Å². The van der Waals surface area contributed by atoms with Crippen LogP contribution in [0.15, 0.2) is 30.3 Å². The zero-order chi connectivity index (χ0) is 13.5. The number of likely N-dealkylation sites (N-methyl/N-ethyl adjacent to an activating group) is 1. The van der Waals surface area contributed by atoms with Crippen LogP contribution in [0.25, 0.3) is 5.57 Å². The average molecular weight is 256 g/mol. The molecule has 2 heteroatoms. The van der Waals surface area contributed by atoms with Crippen molar-refractivity contribution < 1.29 is 9.28 Å². The second-order valence-corrected chi connectivity index (χ2v) is 6.37. The Bertz CT molecular complexity index is 542. The molecule has 0 amide bonds. The van der Waals surface area contributed by atoms with Crippen LogP contribution in [0, 0.1) is 0 Å². The van der Waals surface area contributed by atoms with Crippen molar-refractivity contribution in [2.45, 2.75) is 31.7 Å². The smallest absolute Gasteiger partial charge is 0.163 e. The van der Waals surface area contributed by atoms with Crippen molar-refractivity contribution in [2.24, 2.45) is 0 Å². The number of carbonyl (C=O) groups excluding carboxylic acids is 1. The number of Topliss-reactive ketones (excluding diaryl/α,β-unsaturated/α-hetero) is 1. The van der Waals surface area contributed by atoms with Gasteiger partial charge in [0.2, 0.25) is 0 Å². The van der Waals surface area contributed by atoms with Crippen LogP contribution in [0.2, 0.25) is 0 Å². The predicted octanol–water partition coefficient (Wildman–Crippen LogP) is 2.82. The van der Waals surface area contributed by atoms with E-state index in [2.05, 4.69) is 38.4 Å². The summed E-state index contributed by atoms with van der Waals surface area (Å²) in [6.45, 7) is 1.21. The van der Waals surface area contributed by atoms with Crippen LogP contribution in [0.4, 0.5) is 0 Å². The largest absolute Gasteiger partial charge is 0.323 e. The molecule has 1 heterocycles. The first-order chi connectivity index (χ1) is 9.08. The van der Waals surface area contributed by atoms with Crippen LogP contribution in [-0.4, -0.2) is 36.9 Å². The van der Waals surface area contributed by atoms with E-state index >= 15 is 0 Å². The van der Waals surface area contributed by atoms with Gasteiger partial charge < -0.3 is 4.48 Å². The van der Waals surface area contributed by atoms with E-state index in [1.165, 1.54) is 30.5 Å². The van der Waals surface area contributed by atoms with Gasteiger partial charge in [-0.15, -0.1) is 0 Å². The van der Waals surface area contributed by atoms with Crippen molar-refractivity contribution >= 4 is 11.4 Å². The summed E-state index contributed by atoms with van der Waals surface area (Å²) in [6, 6.07) is 8.87. The Morgan fingerprint density at radius 3 is 2.74 bits per heavy atom. The maximum absolute atomic E-state index is 12.3. The van der Waals surface area contributed by atoms with Gasteiger partial charge in [0.15, 0.2) is 5.78 Å². The number of ketones is 1. The van der Waals surface area contributed by atoms with Crippen molar-refractivity contribution in [1.82, 2.24) is 0 Å². The molecule has 1 atom stereocenters. The van der Waals surface area contributed by atoms with Gasteiger partial charge in [-0.1, -0.05) is 24.3 Å². The highest BCUT2D eigenvalue weighted by Crippen LogP contribution is 2.32. The van der Waals surface area contributed by atoms with Gasteiger partial charge in [0.1, 0.15) is 6.04 Å². The molecule has 0 spiro atoms. The molecule has 2 aliphatic rings. The van der Waals surface area contributed by atoms with Gasteiger partial charge >= 0.3 is 0 Å². The molecule has 1 aromatic carbocycles. The number of allylic oxidation sites excluding steroid dienone is 1. The number of nitrogens with zero attached hydrogens (tertiary/aromatic N) is 1. The Morgan fingerprint density at radius 1 is 1.21 bits per heavy atom. The Hall–Kier alpha value is -1.41. The number of aryl methyl sites for hydroxylation is 1. The molecular formula is C17H22NO+. The second kappa shape index (κ2) is 4.61. The maximum atomic E-state index is 12.3. The van der Waals surface area contributed by atoms with E-state index < -0.39 is 0 Å². The third kappa shape index (κ3) is 2.25. The molecule has 0 saturated carbocycles. The van der Waals surface area contributed by atoms with Crippen LogP contribution in [0.3, 0.4) is 0 Å². The number of carbonyl (C=O) groups is 1. The van der Waals surface area contributed by atoms with E-state index in [0.29, 0.717) is 18.2 Å². The van der Waals surface area contributed by atoms with Gasteiger partial charge in [0.25, 0.3) is 0 Å². The van der Waals surface area contributed by atoms with Gasteiger partial charge in [-0.25, -0.2) is 0 Å². The number of hydrogen-bond acceptors (Lipinski definition) is 1. The fourth-order valence-corrected chi connectivity index (χ4v) is 3.42. The standard InChI is InChI=1S/C17H22NO/c1-18(2)11-5-7-14(18)12-16-15-8-4-3-6-13(15)9-10-17(16)19/h3-4,6,8,12,14H,5,7,9-11H2,1-2H3/q+1/b16-12-. The molecule has 1 aliphatic carbocycles. The highest BCUT2D eigenvalue weighted by Gasteiger charge is 2.34. The number of fused-ring (bicyclic) bond motifs is 1. The quantitative estimate of drug-likeness (QED) is 0.558. The van der Waals surface area contributed by atoms with Gasteiger partial charge in [-0.05, 0) is 23.6 Å². The summed E-state index contributed by atoms with van der Waals surface area (Å²) in [5, 5.41) is 0. The van der Waals surface area contributed by atoms with Crippen LogP contribution in [-0.2, 0) is 11.2 Å². The lowest BCUT2D eigenvalue weighted by Gasteiger charge is -2.30. The fraction of sp³-hybridized carbons (Fsp3) is 0.471. The number of hydrogen-bond donors (Lipinski definition) is 0. The number of quaternary nitrogens is 1. The average Bonchev–Trinajstić information content (AvgIpc) is 2.72. The van der Waals surface area contributed by atoms with E-state index in [9.17, 15) is 4.79 Å². The van der Waals surface area contributed by atoms with Gasteiger partial charge in [-0.3, -0.25) is 4.79 Å². The van der Waals surface area contributed by atoms with Crippen molar-refractivity contribution in [3.05, 3.63) is 41.5 Å². The fourth-order valence-electron chi connectivity index (χ4n) is 3.42. The summed E-state index contributed by atoms with van der Waals surface area (Å²) in [6.07, 6.45) is 6.29. The van der Waals surface area contributed by atoms with Crippen molar-refractivity contribution in [2.75, 3.05) is 20.6 Å². The van der Waals surface area contributed by atoms with E-state index in [1.54, 1.807) is 0 Å². The SMILES string of the molecule is C[N+]1(C)CCCC1/C=C1\C(=O)CCc2ccccc21. The van der Waals surface area contributed by atoms with E-state index in [-0.39, 0.29) is 0 Å². The van der Waals surface area contributed by atoms with E-state index in [1.807, 2.05) is 6.07 Å². The van der Waals surface area contributed by atoms with E-state index in [0.717, 1.165) is 16.5 Å². The summed E-state index contributed by atoms with van der Waals surface area (Å²) >= 11 is 0. The highest BCUT2D eigenvalue weighted by atomic mass is 16.1. The Kier molecular flexibility index (Phi) is 3.06. The molecule has 2 nitrogen and oxygen atoms in total. The van der Waals surface area contributed by atoms with Crippen molar-refractivity contribution in [1.29, 1.82) is 0 Å². The molecule has 0 aromatic heterocycles. The van der Waals surface area contributed by atoms with Gasteiger partial charge in [0, 0.05) is 24.8 Å². The van der Waals surface area contributed by atoms with Crippen LogP contribution >= 0.6 is 0 Å². The summed E-state index contributed by atoms with van der Waals surface area (Å²) < 4.78 is 1.01. The second-order valence-electron chi connectivity index (χ2n) is 6.37. The molecule has 0 bridgehead atoms. The predicted molar refractivity (Wildman–Crippen MR) is 77.7 cm³/mol. The topological polar surface area (TPSA) is 17.1 Å². The molecule has 1 aromatic rings. The Balaban J connectivity index is 2.02. The van der Waals surface area contributed by atoms with E-state index in [4.69, 9.17) is 0 Å². The highest BCUT2D eigenvalue weighted by molar-refractivity contribution is 6.22. The summed E-state index contributed by atoms with van der Waals surface area (Å²) in [5.74, 6) is 0.325. The van der Waals surface area contributed by atoms with Crippen LogP contribution in [0.1, 0.15) is 30.4 Å². The normalized spacial score (nSPS) is 27.6. The monoisotopic (exact) mass is 256 g/mol. The molecule has 19 heavy (non-hydrogen) atoms. The first kappa shape index (κ1) is 12.6. The van der Waals surface area contributed by atoms with Crippen molar-refractivity contribution in [3.8, 4) is 0 Å². The minimum absolute atomic E-state index is 0.325. The lowest BCUT2D eigenvalue weighted by atomic mass is 9.85. The third-order valence-corrected chi connectivity index (χ3v) is 4.72. The molecule has 1 saturated heterocycles. The molecule has 3 rings (SSSR count). The number of likely N-dealkylation sites (tertiary alicyclic amines) is 1. The first-order valence-electron chi connectivity index (χ1n) is 7.24. The minimum atomic E-state index is 0.325. The minimum Gasteiger partial charge on any atom is -0.323 e. The third-order valence-electron chi connectivity index (χ3n) is 4.72. The Morgan fingerprint density at radius 2 is 2.00 bits per heavy atom. The molecular weight excluding hydrogens is 234 g/mol. The molecule has 0 radical (unpaired) electrons. The zero-order valence-electron chi connectivity index (χ0n) is 11.9. The maximum Gasteiger partial charge on any atom is 0.163 e. The molecule has 100 valence electrons. The van der Waals surface area contributed by atoms with Crippen LogP contribution < -0.4 is 0 Å². The number of benzene rings is 1. The molecule has 1 fully saturated rings. The lowest BCUT2D eigenvalue weighted by Crippen LogP contribution is -2.43. The summed E-state index contributed by atoms with van der Waals surface area (Å²) in [5.41, 5.74) is 3.47. The molecule has 1 unspecified atom stereocenters. The number of rotatable bonds is 1. The lowest BCUT2D eigenvalue weighted by molar-refractivity contribution is -0.895. The Labute approximate surface area is 115 Å². The summed E-state index contributed by atoms with van der Waals surface area (Å²) in [4.78, 5) is 12.3.